The van der Waals surface area contributed by atoms with Gasteiger partial charge in [0.05, 0.1) is 39.9 Å². The Hall–Kier alpha value is -3.36. The highest BCUT2D eigenvalue weighted by Gasteiger charge is 2.23. The van der Waals surface area contributed by atoms with Gasteiger partial charge in [0, 0.05) is 6.42 Å². The van der Waals surface area contributed by atoms with Gasteiger partial charge in [0.1, 0.15) is 13.2 Å². The van der Waals surface area contributed by atoms with Gasteiger partial charge in [-0.2, -0.15) is 0 Å². The summed E-state index contributed by atoms with van der Waals surface area (Å²) in [4.78, 5) is 25.6. The lowest BCUT2D eigenvalue weighted by Gasteiger charge is -2.29. The SMILES string of the molecule is CC/C=C\C/C=C\C/C=C\C/C=C\C/C=C\C/C=C\C/C=C\C/C=C\C/C=C\C/C=C\CCCCCCC(=O)NC(COP(=O)([O-])OCC[N+](C)(C)C)C(O)/C=C/CCCCCCCCCCCCCCCCCCCCCCCCCCCC. The van der Waals surface area contributed by atoms with Gasteiger partial charge in [0.15, 0.2) is 0 Å². The first-order chi connectivity index (χ1) is 41.5. The number of rotatable bonds is 63. The van der Waals surface area contributed by atoms with Crippen molar-refractivity contribution in [3.63, 3.8) is 0 Å². The molecule has 1 amide bonds. The van der Waals surface area contributed by atoms with E-state index in [9.17, 15) is 19.4 Å². The molecule has 0 aliphatic rings. The molecule has 0 rings (SSSR count). The predicted molar refractivity (Wildman–Crippen MR) is 371 cm³/mol. The Bertz CT molecular complexity index is 1850. The van der Waals surface area contributed by atoms with Crippen LogP contribution >= 0.6 is 7.82 Å². The summed E-state index contributed by atoms with van der Waals surface area (Å²) in [5.41, 5.74) is 0. The molecule has 8 nitrogen and oxygen atoms in total. The van der Waals surface area contributed by atoms with E-state index >= 15 is 0 Å². The van der Waals surface area contributed by atoms with Gasteiger partial charge < -0.3 is 28.8 Å². The van der Waals surface area contributed by atoms with Crippen molar-refractivity contribution in [3.8, 4) is 0 Å². The highest BCUT2D eigenvalue weighted by Crippen LogP contribution is 2.38. The summed E-state index contributed by atoms with van der Waals surface area (Å²) < 4.78 is 23.4. The Kier molecular flexibility index (Phi) is 62.5. The fourth-order valence-electron chi connectivity index (χ4n) is 9.71. The zero-order valence-electron chi connectivity index (χ0n) is 55.8. The standard InChI is InChI=1S/C76H133N2O6P/c1-6-8-10-12-14-16-18-20-22-24-26-28-30-32-34-36-37-38-39-40-41-42-44-46-48-50-52-54-56-58-60-62-64-66-68-70-76(80)77-74(73-84-85(81,82)83-72-71-78(3,4)5)75(79)69-67-65-63-61-59-57-55-53-51-49-47-45-43-35-33-31-29-27-25-23-21-19-17-15-13-11-9-7-2/h8,10,14,16,20,22,26,28,32,34,37-38,40-41,44,46,50,52,56,58,67,69,74-75,79H,6-7,9,11-13,15,17-19,21,23-25,27,29-31,33,35-36,39,42-43,45,47-49,51,53-55,57,59-66,68,70-73H2,1-5H3,(H-,77,80,81,82)/b10-8-,16-14-,22-20-,28-26-,34-32-,38-37-,41-40-,46-44-,52-50-,58-56-,69-67+. The number of carbonyl (C=O) groups is 1. The maximum absolute atomic E-state index is 13.0. The Morgan fingerprint density at radius 3 is 1.05 bits per heavy atom. The minimum absolute atomic E-state index is 0.0131. The molecule has 0 radical (unpaired) electrons. The van der Waals surface area contributed by atoms with Crippen molar-refractivity contribution in [1.82, 2.24) is 5.32 Å². The van der Waals surface area contributed by atoms with Crippen LogP contribution in [0.1, 0.15) is 290 Å². The lowest BCUT2D eigenvalue weighted by Crippen LogP contribution is -2.45. The lowest BCUT2D eigenvalue weighted by atomic mass is 10.0. The molecule has 85 heavy (non-hydrogen) atoms. The van der Waals surface area contributed by atoms with Crippen molar-refractivity contribution in [2.24, 2.45) is 0 Å². The Labute approximate surface area is 526 Å². The zero-order chi connectivity index (χ0) is 61.9. The monoisotopic (exact) mass is 1200 g/mol. The van der Waals surface area contributed by atoms with Crippen LogP contribution in [-0.4, -0.2) is 68.5 Å². The highest BCUT2D eigenvalue weighted by molar-refractivity contribution is 7.45. The third-order valence-electron chi connectivity index (χ3n) is 15.1. The van der Waals surface area contributed by atoms with Crippen molar-refractivity contribution < 1.29 is 32.9 Å². The number of likely N-dealkylation sites (N-methyl/N-ethyl adjacent to an activating group) is 1. The average molecular weight is 1200 g/mol. The number of unbranched alkanes of at least 4 members (excludes halogenated alkanes) is 30. The maximum Gasteiger partial charge on any atom is 0.268 e. The number of phosphoric acid groups is 1. The molecule has 3 unspecified atom stereocenters. The third-order valence-corrected chi connectivity index (χ3v) is 16.1. The predicted octanol–water partition coefficient (Wildman–Crippen LogP) is 22.0. The molecule has 0 aliphatic carbocycles. The molecule has 488 valence electrons. The largest absolute Gasteiger partial charge is 0.756 e. The summed E-state index contributed by atoms with van der Waals surface area (Å²) in [5, 5.41) is 13.9. The number of quaternary nitrogens is 1. The normalized spacial score (nSPS) is 14.5. The number of nitrogens with one attached hydrogen (secondary N) is 1. The van der Waals surface area contributed by atoms with E-state index in [2.05, 4.69) is 141 Å². The second-order valence-electron chi connectivity index (χ2n) is 24.5. The topological polar surface area (TPSA) is 108 Å². The van der Waals surface area contributed by atoms with Crippen LogP contribution in [0.2, 0.25) is 0 Å². The summed E-state index contributed by atoms with van der Waals surface area (Å²) in [6, 6.07) is -0.913. The molecule has 0 saturated carbocycles. The molecule has 0 bridgehead atoms. The summed E-state index contributed by atoms with van der Waals surface area (Å²) in [5.74, 6) is -0.224. The van der Waals surface area contributed by atoms with E-state index in [4.69, 9.17) is 9.05 Å². The van der Waals surface area contributed by atoms with Gasteiger partial charge in [-0.05, 0) is 96.3 Å². The van der Waals surface area contributed by atoms with Gasteiger partial charge in [0.25, 0.3) is 7.82 Å². The number of carbonyl (C=O) groups excluding carboxylic acids is 1. The number of hydrogen-bond donors (Lipinski definition) is 2. The van der Waals surface area contributed by atoms with Crippen LogP contribution < -0.4 is 10.2 Å². The molecule has 0 heterocycles. The fraction of sp³-hybridized carbons (Fsp3) is 0.697. The fourth-order valence-corrected chi connectivity index (χ4v) is 10.4. The number of hydrogen-bond acceptors (Lipinski definition) is 6. The molecule has 0 aliphatic heterocycles. The molecular weight excluding hydrogens is 1070 g/mol. The molecule has 3 atom stereocenters. The first-order valence-electron chi connectivity index (χ1n) is 35.0. The quantitative estimate of drug-likeness (QED) is 0.0272. The van der Waals surface area contributed by atoms with E-state index in [-0.39, 0.29) is 12.5 Å². The van der Waals surface area contributed by atoms with Crippen LogP contribution in [0.25, 0.3) is 0 Å². The van der Waals surface area contributed by atoms with Gasteiger partial charge in [0.2, 0.25) is 5.91 Å². The molecule has 9 heteroatoms. The van der Waals surface area contributed by atoms with Crippen LogP contribution in [-0.2, 0) is 18.4 Å². The molecular formula is C76H133N2O6P. The van der Waals surface area contributed by atoms with E-state index in [1.54, 1.807) is 6.08 Å². The van der Waals surface area contributed by atoms with Crippen molar-refractivity contribution in [2.75, 3.05) is 40.9 Å². The summed E-state index contributed by atoms with van der Waals surface area (Å²) in [6.45, 7) is 4.53. The number of aliphatic hydroxyl groups excluding tert-OH is 1. The second-order valence-corrected chi connectivity index (χ2v) is 25.9. The number of aliphatic hydroxyl groups is 1. The highest BCUT2D eigenvalue weighted by atomic mass is 31.2. The van der Waals surface area contributed by atoms with Crippen molar-refractivity contribution >= 4 is 13.7 Å². The van der Waals surface area contributed by atoms with Gasteiger partial charge in [-0.3, -0.25) is 9.36 Å². The number of phosphoric ester groups is 1. The third kappa shape index (κ3) is 68.0. The molecule has 0 aromatic carbocycles. The van der Waals surface area contributed by atoms with Crippen molar-refractivity contribution in [2.45, 2.75) is 302 Å². The molecule has 2 N–H and O–H groups in total. The summed E-state index contributed by atoms with van der Waals surface area (Å²) in [6.07, 6.45) is 98.5. The molecule has 0 fully saturated rings. The zero-order valence-corrected chi connectivity index (χ0v) is 56.7. The van der Waals surface area contributed by atoms with Gasteiger partial charge in [-0.25, -0.2) is 0 Å². The first-order valence-corrected chi connectivity index (χ1v) is 36.5. The van der Waals surface area contributed by atoms with E-state index in [0.717, 1.165) is 116 Å². The van der Waals surface area contributed by atoms with Crippen LogP contribution in [0.3, 0.4) is 0 Å². The van der Waals surface area contributed by atoms with Crippen LogP contribution in [0.15, 0.2) is 134 Å². The van der Waals surface area contributed by atoms with Gasteiger partial charge >= 0.3 is 0 Å². The molecule has 0 aromatic heterocycles. The molecule has 0 saturated heterocycles. The lowest BCUT2D eigenvalue weighted by molar-refractivity contribution is -0.870. The number of amides is 1. The van der Waals surface area contributed by atoms with Crippen LogP contribution in [0.5, 0.6) is 0 Å². The average Bonchev–Trinajstić information content (AvgIpc) is 3.48. The van der Waals surface area contributed by atoms with Crippen LogP contribution in [0, 0.1) is 0 Å². The first kappa shape index (κ1) is 81.6. The van der Waals surface area contributed by atoms with E-state index in [1.807, 2.05) is 27.2 Å². The van der Waals surface area contributed by atoms with Crippen molar-refractivity contribution in [1.29, 1.82) is 0 Å². The minimum Gasteiger partial charge on any atom is -0.756 e. The Morgan fingerprint density at radius 2 is 0.718 bits per heavy atom. The van der Waals surface area contributed by atoms with E-state index in [0.29, 0.717) is 17.4 Å². The minimum atomic E-state index is -4.62. The number of allylic oxidation sites excluding steroid dienone is 21. The van der Waals surface area contributed by atoms with E-state index in [1.165, 1.54) is 154 Å². The Morgan fingerprint density at radius 1 is 0.424 bits per heavy atom. The Balaban J connectivity index is 4.21. The smallest absolute Gasteiger partial charge is 0.268 e. The summed E-state index contributed by atoms with van der Waals surface area (Å²) in [7, 11) is 1.23. The van der Waals surface area contributed by atoms with Crippen molar-refractivity contribution in [3.05, 3.63) is 134 Å². The molecule has 0 aromatic rings. The van der Waals surface area contributed by atoms with Crippen LogP contribution in [0.4, 0.5) is 0 Å². The molecule has 0 spiro atoms. The van der Waals surface area contributed by atoms with Gasteiger partial charge in [-0.15, -0.1) is 0 Å². The summed E-state index contributed by atoms with van der Waals surface area (Å²) >= 11 is 0. The van der Waals surface area contributed by atoms with Gasteiger partial charge in [-0.1, -0.05) is 321 Å². The van der Waals surface area contributed by atoms with E-state index < -0.39 is 26.6 Å². The second kappa shape index (κ2) is 65.1. The maximum atomic E-state index is 13.0. The number of nitrogens with zero attached hydrogens (tertiary/aromatic N) is 1.